The normalized spacial score (nSPS) is 14.7. The van der Waals surface area contributed by atoms with E-state index in [1.807, 2.05) is 12.2 Å². The number of phosphoric acid groups is 2. The van der Waals surface area contributed by atoms with E-state index in [9.17, 15) is 43.2 Å². The third kappa shape index (κ3) is 73.3. The minimum absolute atomic E-state index is 0.00411. The van der Waals surface area contributed by atoms with Crippen LogP contribution in [0, 0.1) is 0 Å². The summed E-state index contributed by atoms with van der Waals surface area (Å²) < 4.78 is 68.4. The van der Waals surface area contributed by atoms with Gasteiger partial charge >= 0.3 is 39.5 Å². The van der Waals surface area contributed by atoms with E-state index < -0.39 is 97.5 Å². The summed E-state index contributed by atoms with van der Waals surface area (Å²) in [5, 5.41) is 10.6. The van der Waals surface area contributed by atoms with Gasteiger partial charge in [-0.2, -0.15) is 0 Å². The maximum atomic E-state index is 13.1. The van der Waals surface area contributed by atoms with Gasteiger partial charge in [0.15, 0.2) is 12.2 Å². The number of hydrogen-bond acceptors (Lipinski definition) is 15. The highest BCUT2D eigenvalue weighted by atomic mass is 31.2. The fraction of sp³-hybridized carbons (Fsp3) is 0.663. The molecule has 5 atom stereocenters. The zero-order valence-electron chi connectivity index (χ0n) is 63.5. The van der Waals surface area contributed by atoms with Crippen LogP contribution in [0.3, 0.4) is 0 Å². The Morgan fingerprint density at radius 1 is 0.284 bits per heavy atom. The van der Waals surface area contributed by atoms with Crippen molar-refractivity contribution in [3.8, 4) is 0 Å². The molecule has 0 aliphatic carbocycles. The molecule has 19 heteroatoms. The third-order valence-electron chi connectivity index (χ3n) is 15.8. The first-order valence-corrected chi connectivity index (χ1v) is 42.1. The number of hydrogen-bond donors (Lipinski definition) is 3. The van der Waals surface area contributed by atoms with Gasteiger partial charge in [-0.25, -0.2) is 9.13 Å². The fourth-order valence-electron chi connectivity index (χ4n) is 9.86. The maximum Gasteiger partial charge on any atom is 0.472 e. The molecule has 582 valence electrons. The fourth-order valence-corrected chi connectivity index (χ4v) is 11.4. The molecule has 0 saturated carbocycles. The molecule has 0 fully saturated rings. The van der Waals surface area contributed by atoms with Crippen LogP contribution in [0.4, 0.5) is 0 Å². The van der Waals surface area contributed by atoms with Crippen LogP contribution in [-0.2, 0) is 65.4 Å². The van der Waals surface area contributed by atoms with Crippen LogP contribution in [0.25, 0.3) is 0 Å². The van der Waals surface area contributed by atoms with Crippen molar-refractivity contribution in [2.75, 3.05) is 39.6 Å². The molecule has 0 bridgehead atoms. The Labute approximate surface area is 617 Å². The molecule has 0 aromatic carbocycles. The van der Waals surface area contributed by atoms with E-state index in [0.29, 0.717) is 32.1 Å². The Bertz CT molecular complexity index is 2510. The molecule has 0 aliphatic heterocycles. The Morgan fingerprint density at radius 3 is 0.843 bits per heavy atom. The van der Waals surface area contributed by atoms with Crippen LogP contribution in [0.5, 0.6) is 0 Å². The van der Waals surface area contributed by atoms with Crippen LogP contribution in [0.2, 0.25) is 0 Å². The summed E-state index contributed by atoms with van der Waals surface area (Å²) >= 11 is 0. The number of aliphatic hydroxyl groups is 1. The van der Waals surface area contributed by atoms with E-state index in [4.69, 9.17) is 37.0 Å². The highest BCUT2D eigenvalue weighted by Crippen LogP contribution is 2.45. The summed E-state index contributed by atoms with van der Waals surface area (Å²) in [7, 11) is -9.99. The highest BCUT2D eigenvalue weighted by Gasteiger charge is 2.30. The van der Waals surface area contributed by atoms with E-state index in [0.717, 1.165) is 161 Å². The van der Waals surface area contributed by atoms with Gasteiger partial charge in [0.05, 0.1) is 26.4 Å². The molecular formula is C83H138O17P2. The lowest BCUT2D eigenvalue weighted by molar-refractivity contribution is -0.161. The first-order chi connectivity index (χ1) is 49.7. The molecule has 0 rings (SSSR count). The molecule has 0 heterocycles. The summed E-state index contributed by atoms with van der Waals surface area (Å²) in [5.74, 6) is -2.30. The highest BCUT2D eigenvalue weighted by molar-refractivity contribution is 7.47. The SMILES string of the molecule is CC/C=C\C/C=C\C/C=C\C/C=C\C/C=C\CCCCCC(=O)OCC(COP(=O)(O)OCC(O)COP(=O)(O)OCC(COC(=O)CCCCCCC/C=C\CCCCCC)OC(=O)CCCCCCC/C=C\CCCCCC)OC(=O)CCC/C=C\C/C=C\C/C=C\C/C=C\C/C=C\CC. The van der Waals surface area contributed by atoms with Gasteiger partial charge in [0, 0.05) is 25.7 Å². The van der Waals surface area contributed by atoms with E-state index in [-0.39, 0.29) is 25.7 Å². The van der Waals surface area contributed by atoms with Crippen LogP contribution in [-0.4, -0.2) is 96.7 Å². The van der Waals surface area contributed by atoms with Crippen molar-refractivity contribution >= 4 is 39.5 Å². The number of carbonyl (C=O) groups excluding carboxylic acids is 4. The van der Waals surface area contributed by atoms with Crippen LogP contribution >= 0.6 is 15.6 Å². The van der Waals surface area contributed by atoms with Gasteiger partial charge in [0.1, 0.15) is 19.3 Å². The quantitative estimate of drug-likeness (QED) is 0.0169. The zero-order chi connectivity index (χ0) is 74.6. The Kier molecular flexibility index (Phi) is 70.5. The molecule has 0 amide bonds. The van der Waals surface area contributed by atoms with Crippen molar-refractivity contribution in [3.05, 3.63) is 146 Å². The molecule has 0 spiro atoms. The van der Waals surface area contributed by atoms with Crippen molar-refractivity contribution in [2.45, 2.75) is 316 Å². The lowest BCUT2D eigenvalue weighted by Crippen LogP contribution is -2.30. The second-order valence-corrected chi connectivity index (χ2v) is 28.4. The Hall–Kier alpha value is -5.06. The summed E-state index contributed by atoms with van der Waals surface area (Å²) in [5.41, 5.74) is 0. The number of carbonyl (C=O) groups is 4. The molecule has 0 aromatic rings. The molecular weight excluding hydrogens is 1330 g/mol. The van der Waals surface area contributed by atoms with Gasteiger partial charge in [-0.1, -0.05) is 257 Å². The number of phosphoric ester groups is 2. The van der Waals surface area contributed by atoms with Gasteiger partial charge < -0.3 is 33.8 Å². The van der Waals surface area contributed by atoms with Crippen LogP contribution < -0.4 is 0 Å². The Morgan fingerprint density at radius 2 is 0.520 bits per heavy atom. The number of rotatable bonds is 72. The zero-order valence-corrected chi connectivity index (χ0v) is 65.3. The second-order valence-electron chi connectivity index (χ2n) is 25.5. The molecule has 3 N–H and O–H groups in total. The van der Waals surface area contributed by atoms with Gasteiger partial charge in [0.2, 0.25) is 0 Å². The third-order valence-corrected chi connectivity index (χ3v) is 17.7. The Balaban J connectivity index is 5.46. The van der Waals surface area contributed by atoms with Crippen molar-refractivity contribution in [1.82, 2.24) is 0 Å². The number of aliphatic hydroxyl groups excluding tert-OH is 1. The predicted octanol–water partition coefficient (Wildman–Crippen LogP) is 22.7. The maximum absolute atomic E-state index is 13.1. The molecule has 0 aliphatic rings. The van der Waals surface area contributed by atoms with Crippen molar-refractivity contribution in [3.63, 3.8) is 0 Å². The lowest BCUT2D eigenvalue weighted by Gasteiger charge is -2.21. The summed E-state index contributed by atoms with van der Waals surface area (Å²) in [6.45, 7) is 4.49. The van der Waals surface area contributed by atoms with Gasteiger partial charge in [0.25, 0.3) is 0 Å². The van der Waals surface area contributed by atoms with Gasteiger partial charge in [-0.05, 0) is 161 Å². The lowest BCUT2D eigenvalue weighted by atomic mass is 10.1. The smallest absolute Gasteiger partial charge is 0.462 e. The van der Waals surface area contributed by atoms with E-state index >= 15 is 0 Å². The second kappa shape index (κ2) is 74.2. The topological polar surface area (TPSA) is 237 Å². The first kappa shape index (κ1) is 96.9. The molecule has 5 unspecified atom stereocenters. The molecule has 0 radical (unpaired) electrons. The number of allylic oxidation sites excluding steroid dienone is 24. The van der Waals surface area contributed by atoms with Crippen molar-refractivity contribution < 1.29 is 80.2 Å². The predicted molar refractivity (Wildman–Crippen MR) is 417 cm³/mol. The van der Waals surface area contributed by atoms with Crippen LogP contribution in [0.15, 0.2) is 146 Å². The summed E-state index contributed by atoms with van der Waals surface area (Å²) in [6, 6.07) is 0. The number of unbranched alkanes of at least 4 members (excludes halogenated alkanes) is 22. The largest absolute Gasteiger partial charge is 0.472 e. The minimum atomic E-state index is -5.01. The molecule has 0 aromatic heterocycles. The van der Waals surface area contributed by atoms with E-state index in [2.05, 4.69) is 161 Å². The number of esters is 4. The summed E-state index contributed by atoms with van der Waals surface area (Å²) in [6.07, 6.45) is 84.1. The molecule has 0 saturated heterocycles. The average Bonchev–Trinajstić information content (AvgIpc) is 0.923. The van der Waals surface area contributed by atoms with Gasteiger partial charge in [-0.15, -0.1) is 0 Å². The van der Waals surface area contributed by atoms with Gasteiger partial charge in [-0.3, -0.25) is 37.3 Å². The molecule has 17 nitrogen and oxygen atoms in total. The number of ether oxygens (including phenoxy) is 4. The van der Waals surface area contributed by atoms with Crippen molar-refractivity contribution in [2.24, 2.45) is 0 Å². The van der Waals surface area contributed by atoms with Crippen molar-refractivity contribution in [1.29, 1.82) is 0 Å². The monoisotopic (exact) mass is 1470 g/mol. The average molecular weight is 1470 g/mol. The van der Waals surface area contributed by atoms with Crippen LogP contribution in [0.1, 0.15) is 297 Å². The standard InChI is InChI=1S/C83H138O17P2/c1-5-9-13-17-21-25-29-33-35-37-38-40-41-45-48-52-56-60-64-68-81(86)94-74-79(100-83(88)70-66-62-58-54-50-46-42-39-36-34-30-26-22-18-14-10-6-2)76-98-102(91,92)96-72-77(84)71-95-101(89,90)97-75-78(99-82(87)69-65-61-57-53-49-44-32-28-24-20-16-12-8-4)73-93-80(85)67-63-59-55-51-47-43-31-27-23-19-15-11-7-3/h9-10,13-14,21-22,25-28,31-36,38,40,42,45-46,48,54,58,77-79,84H,5-8,11-12,15-20,23-24,29-30,37,39,41,43-44,47,49-53,55-57,59-76H2,1-4H3,(H,89,90)(H,91,92)/b13-9-,14-10-,25-21-,26-22-,31-27-,32-28-,35-33-,36-34-,40-38-,46-42-,48-45-,58-54-. The summed E-state index contributed by atoms with van der Waals surface area (Å²) in [4.78, 5) is 72.9. The minimum Gasteiger partial charge on any atom is -0.462 e. The first-order valence-electron chi connectivity index (χ1n) is 39.1. The van der Waals surface area contributed by atoms with E-state index in [1.165, 1.54) is 51.4 Å². The molecule has 102 heavy (non-hydrogen) atoms. The van der Waals surface area contributed by atoms with E-state index in [1.54, 1.807) is 0 Å².